The molecule has 0 heterocycles. The molecule has 96 valence electrons. The summed E-state index contributed by atoms with van der Waals surface area (Å²) in [5.41, 5.74) is 2.35. The predicted octanol–water partition coefficient (Wildman–Crippen LogP) is 4.02. The zero-order chi connectivity index (χ0) is 13.5. The summed E-state index contributed by atoms with van der Waals surface area (Å²) in [5.74, 6) is 0.618. The van der Waals surface area contributed by atoms with Crippen molar-refractivity contribution in [3.63, 3.8) is 0 Å². The van der Waals surface area contributed by atoms with E-state index in [-0.39, 0.29) is 0 Å². The van der Waals surface area contributed by atoms with Crippen molar-refractivity contribution >= 4 is 0 Å². The van der Waals surface area contributed by atoms with Gasteiger partial charge in [0.05, 0.1) is 6.07 Å². The highest BCUT2D eigenvalue weighted by molar-refractivity contribution is 5.30. The van der Waals surface area contributed by atoms with Crippen LogP contribution in [0.1, 0.15) is 29.9 Å². The molecule has 0 unspecified atom stereocenters. The second-order valence-corrected chi connectivity index (χ2v) is 4.68. The third kappa shape index (κ3) is 3.86. The second kappa shape index (κ2) is 6.61. The summed E-state index contributed by atoms with van der Waals surface area (Å²) in [5, 5.41) is 18.3. The van der Waals surface area contributed by atoms with E-state index >= 15 is 0 Å². The van der Waals surface area contributed by atoms with E-state index < -0.39 is 0 Å². The lowest BCUT2D eigenvalue weighted by Gasteiger charge is -2.16. The molecule has 2 aromatic carbocycles. The molecule has 1 N–H and O–H groups in total. The molecule has 0 bridgehead atoms. The first-order chi connectivity index (χ1) is 9.29. The van der Waals surface area contributed by atoms with Gasteiger partial charge in [0.2, 0.25) is 0 Å². The van der Waals surface area contributed by atoms with E-state index in [1.54, 1.807) is 12.1 Å². The highest BCUT2D eigenvalue weighted by Crippen LogP contribution is 2.26. The van der Waals surface area contributed by atoms with Gasteiger partial charge in [0.1, 0.15) is 5.75 Å². The van der Waals surface area contributed by atoms with Crippen LogP contribution in [0.5, 0.6) is 5.75 Å². The molecule has 0 spiro atoms. The second-order valence-electron chi connectivity index (χ2n) is 4.68. The van der Waals surface area contributed by atoms with Crippen LogP contribution < -0.4 is 0 Å². The maximum Gasteiger partial charge on any atom is 0.115 e. The van der Waals surface area contributed by atoms with Gasteiger partial charge in [-0.15, -0.1) is 0 Å². The van der Waals surface area contributed by atoms with Crippen molar-refractivity contribution in [1.82, 2.24) is 0 Å². The van der Waals surface area contributed by atoms with Gasteiger partial charge in [-0.3, -0.25) is 0 Å². The fourth-order valence-electron chi connectivity index (χ4n) is 2.32. The number of hydrogen-bond donors (Lipinski definition) is 1. The molecule has 2 rings (SSSR count). The largest absolute Gasteiger partial charge is 0.508 e. The minimum absolute atomic E-state index is 0.296. The van der Waals surface area contributed by atoms with Crippen LogP contribution in [0.2, 0.25) is 0 Å². The van der Waals surface area contributed by atoms with Gasteiger partial charge in [0, 0.05) is 6.42 Å². The zero-order valence-corrected chi connectivity index (χ0v) is 10.8. The minimum atomic E-state index is 0.296. The van der Waals surface area contributed by atoms with Crippen molar-refractivity contribution in [2.24, 2.45) is 0 Å². The Hall–Kier alpha value is -2.27. The number of hydrogen-bond acceptors (Lipinski definition) is 2. The van der Waals surface area contributed by atoms with Gasteiger partial charge in [-0.25, -0.2) is 0 Å². The molecule has 0 aromatic heterocycles. The summed E-state index contributed by atoms with van der Waals surface area (Å²) in [6, 6.07) is 19.8. The van der Waals surface area contributed by atoms with Crippen LogP contribution >= 0.6 is 0 Å². The fraction of sp³-hybridized carbons (Fsp3) is 0.235. The molecule has 19 heavy (non-hydrogen) atoms. The third-order valence-electron chi connectivity index (χ3n) is 3.27. The van der Waals surface area contributed by atoms with Crippen molar-refractivity contribution < 1.29 is 5.11 Å². The third-order valence-corrected chi connectivity index (χ3v) is 3.27. The van der Waals surface area contributed by atoms with Crippen LogP contribution in [0.15, 0.2) is 54.6 Å². The van der Waals surface area contributed by atoms with Gasteiger partial charge in [-0.2, -0.15) is 5.26 Å². The topological polar surface area (TPSA) is 44.0 Å². The zero-order valence-electron chi connectivity index (χ0n) is 10.8. The van der Waals surface area contributed by atoms with Gasteiger partial charge >= 0.3 is 0 Å². The van der Waals surface area contributed by atoms with Crippen molar-refractivity contribution in [3.05, 3.63) is 65.7 Å². The summed E-state index contributed by atoms with van der Waals surface area (Å²) in [6.45, 7) is 0. The van der Waals surface area contributed by atoms with Crippen LogP contribution in [0.4, 0.5) is 0 Å². The van der Waals surface area contributed by atoms with Crippen molar-refractivity contribution in [3.8, 4) is 11.8 Å². The van der Waals surface area contributed by atoms with E-state index in [0.717, 1.165) is 18.4 Å². The molecular formula is C17H17NO. The summed E-state index contributed by atoms with van der Waals surface area (Å²) in [7, 11) is 0. The van der Waals surface area contributed by atoms with E-state index in [1.807, 2.05) is 30.3 Å². The lowest BCUT2D eigenvalue weighted by molar-refractivity contribution is 0.474. The summed E-state index contributed by atoms with van der Waals surface area (Å²) in [6.07, 6.45) is 2.24. The number of aromatic hydroxyl groups is 1. The normalized spacial score (nSPS) is 11.7. The molecule has 0 aliphatic heterocycles. The number of nitriles is 1. The number of phenols is 1. The number of phenolic OH excluding ortho intramolecular Hbond substituents is 1. The first kappa shape index (κ1) is 13.2. The summed E-state index contributed by atoms with van der Waals surface area (Å²) in [4.78, 5) is 0. The van der Waals surface area contributed by atoms with Crippen molar-refractivity contribution in [2.75, 3.05) is 0 Å². The number of benzene rings is 2. The SMILES string of the molecule is N#CCC[C@H](Cc1cccc(O)c1)c1ccccc1. The molecule has 0 aliphatic rings. The van der Waals surface area contributed by atoms with E-state index in [4.69, 9.17) is 5.26 Å². The quantitative estimate of drug-likeness (QED) is 0.872. The Bertz CT molecular complexity index is 557. The fourth-order valence-corrected chi connectivity index (χ4v) is 2.32. The van der Waals surface area contributed by atoms with Gasteiger partial charge in [0.25, 0.3) is 0 Å². The van der Waals surface area contributed by atoms with E-state index in [9.17, 15) is 5.11 Å². The Morgan fingerprint density at radius 1 is 1.05 bits per heavy atom. The Morgan fingerprint density at radius 3 is 2.53 bits per heavy atom. The molecule has 0 amide bonds. The molecule has 0 aliphatic carbocycles. The smallest absolute Gasteiger partial charge is 0.115 e. The van der Waals surface area contributed by atoms with Crippen LogP contribution in [-0.2, 0) is 6.42 Å². The van der Waals surface area contributed by atoms with Crippen LogP contribution in [-0.4, -0.2) is 5.11 Å². The Kier molecular flexibility index (Phi) is 4.58. The van der Waals surface area contributed by atoms with Crippen molar-refractivity contribution in [1.29, 1.82) is 5.26 Å². The molecule has 0 saturated carbocycles. The highest BCUT2D eigenvalue weighted by atomic mass is 16.3. The molecule has 1 atom stereocenters. The first-order valence-electron chi connectivity index (χ1n) is 6.49. The Labute approximate surface area is 114 Å². The molecule has 0 radical (unpaired) electrons. The standard InChI is InChI=1S/C17H17NO/c18-11-5-9-16(15-7-2-1-3-8-15)12-14-6-4-10-17(19)13-14/h1-4,6-8,10,13,16,19H,5,9,12H2/t16-/m1/s1. The van der Waals surface area contributed by atoms with Crippen LogP contribution in [0.3, 0.4) is 0 Å². The average Bonchev–Trinajstić information content (AvgIpc) is 2.44. The first-order valence-corrected chi connectivity index (χ1v) is 6.49. The summed E-state index contributed by atoms with van der Waals surface area (Å²) < 4.78 is 0. The maximum atomic E-state index is 9.52. The van der Waals surface area contributed by atoms with E-state index in [2.05, 4.69) is 18.2 Å². The van der Waals surface area contributed by atoms with Gasteiger partial charge in [-0.05, 0) is 42.0 Å². The average molecular weight is 251 g/mol. The predicted molar refractivity (Wildman–Crippen MR) is 75.8 cm³/mol. The van der Waals surface area contributed by atoms with Gasteiger partial charge in [0.15, 0.2) is 0 Å². The molecular weight excluding hydrogens is 234 g/mol. The van der Waals surface area contributed by atoms with Crippen LogP contribution in [0, 0.1) is 11.3 Å². The number of rotatable bonds is 5. The Morgan fingerprint density at radius 2 is 1.84 bits per heavy atom. The van der Waals surface area contributed by atoms with E-state index in [1.165, 1.54) is 5.56 Å². The van der Waals surface area contributed by atoms with Gasteiger partial charge in [-0.1, -0.05) is 42.5 Å². The molecule has 2 heteroatoms. The monoisotopic (exact) mass is 251 g/mol. The molecule has 0 saturated heterocycles. The van der Waals surface area contributed by atoms with E-state index in [0.29, 0.717) is 18.1 Å². The molecule has 0 fully saturated rings. The Balaban J connectivity index is 2.17. The lowest BCUT2D eigenvalue weighted by atomic mass is 9.88. The molecule has 2 nitrogen and oxygen atoms in total. The van der Waals surface area contributed by atoms with Crippen molar-refractivity contribution in [2.45, 2.75) is 25.2 Å². The van der Waals surface area contributed by atoms with Crippen LogP contribution in [0.25, 0.3) is 0 Å². The summed E-state index contributed by atoms with van der Waals surface area (Å²) >= 11 is 0. The lowest BCUT2D eigenvalue weighted by Crippen LogP contribution is -2.03. The number of nitrogens with zero attached hydrogens (tertiary/aromatic N) is 1. The molecule has 2 aromatic rings. The van der Waals surface area contributed by atoms with Gasteiger partial charge < -0.3 is 5.11 Å². The highest BCUT2D eigenvalue weighted by Gasteiger charge is 2.12. The minimum Gasteiger partial charge on any atom is -0.508 e. The maximum absolute atomic E-state index is 9.52.